The Morgan fingerprint density at radius 3 is 2.24 bits per heavy atom. The normalized spacial score (nSPS) is 15.2. The van der Waals surface area contributed by atoms with Crippen LogP contribution in [0.2, 0.25) is 0 Å². The van der Waals surface area contributed by atoms with Crippen LogP contribution in [0.3, 0.4) is 0 Å². The van der Waals surface area contributed by atoms with Gasteiger partial charge in [0.05, 0.1) is 25.6 Å². The van der Waals surface area contributed by atoms with Crippen molar-refractivity contribution in [2.75, 3.05) is 31.9 Å². The Labute approximate surface area is 102 Å². The molecule has 2 N–H and O–H groups in total. The summed E-state index contributed by atoms with van der Waals surface area (Å²) >= 11 is 0. The van der Waals surface area contributed by atoms with E-state index in [2.05, 4.69) is 11.9 Å². The lowest BCUT2D eigenvalue weighted by molar-refractivity contribution is 0.354. The van der Waals surface area contributed by atoms with E-state index in [4.69, 9.17) is 15.2 Å². The molecule has 1 fully saturated rings. The number of benzene rings is 1. The van der Waals surface area contributed by atoms with Crippen molar-refractivity contribution in [1.82, 2.24) is 0 Å². The fourth-order valence-corrected chi connectivity index (χ4v) is 2.16. The largest absolute Gasteiger partial charge is 0.493 e. The van der Waals surface area contributed by atoms with Crippen molar-refractivity contribution in [2.24, 2.45) is 0 Å². The van der Waals surface area contributed by atoms with Crippen LogP contribution in [0.5, 0.6) is 11.5 Å². The standard InChI is InChI=1S/C13H20N2O2/c1-15(9-5-4-6-9)11-8-13(17-3)12(16-2)7-10(11)14/h7-9H,4-6,14H2,1-3H3. The molecule has 0 spiro atoms. The van der Waals surface area contributed by atoms with Gasteiger partial charge in [0.25, 0.3) is 0 Å². The maximum atomic E-state index is 6.06. The first kappa shape index (κ1) is 11.9. The first-order valence-corrected chi connectivity index (χ1v) is 5.91. The van der Waals surface area contributed by atoms with Gasteiger partial charge in [-0.3, -0.25) is 0 Å². The van der Waals surface area contributed by atoms with E-state index in [1.807, 2.05) is 12.1 Å². The van der Waals surface area contributed by atoms with Crippen LogP contribution in [0, 0.1) is 0 Å². The van der Waals surface area contributed by atoms with Crippen LogP contribution < -0.4 is 20.1 Å². The highest BCUT2D eigenvalue weighted by Crippen LogP contribution is 2.39. The maximum absolute atomic E-state index is 6.06. The molecule has 1 aromatic rings. The summed E-state index contributed by atoms with van der Waals surface area (Å²) in [6.07, 6.45) is 3.79. The lowest BCUT2D eigenvalue weighted by Crippen LogP contribution is -2.37. The molecule has 17 heavy (non-hydrogen) atoms. The summed E-state index contributed by atoms with van der Waals surface area (Å²) in [5.41, 5.74) is 7.81. The minimum atomic E-state index is 0.607. The van der Waals surface area contributed by atoms with E-state index in [1.165, 1.54) is 19.3 Å². The second-order valence-corrected chi connectivity index (χ2v) is 4.46. The number of hydrogen-bond donors (Lipinski definition) is 1. The van der Waals surface area contributed by atoms with Crippen molar-refractivity contribution in [1.29, 1.82) is 0 Å². The summed E-state index contributed by atoms with van der Waals surface area (Å²) in [6, 6.07) is 4.38. The van der Waals surface area contributed by atoms with Gasteiger partial charge in [0, 0.05) is 25.2 Å². The first-order valence-electron chi connectivity index (χ1n) is 5.91. The third-order valence-electron chi connectivity index (χ3n) is 3.54. The number of nitrogens with zero attached hydrogens (tertiary/aromatic N) is 1. The van der Waals surface area contributed by atoms with Crippen molar-refractivity contribution in [3.05, 3.63) is 12.1 Å². The van der Waals surface area contributed by atoms with Crippen LogP contribution in [-0.2, 0) is 0 Å². The SMILES string of the molecule is COc1cc(N)c(N(C)C2CCC2)cc1OC. The molecule has 2 rings (SSSR count). The Kier molecular flexibility index (Phi) is 3.31. The molecule has 0 aromatic heterocycles. The number of hydrogen-bond acceptors (Lipinski definition) is 4. The Hall–Kier alpha value is -1.58. The van der Waals surface area contributed by atoms with E-state index in [9.17, 15) is 0 Å². The Balaban J connectivity index is 2.32. The number of nitrogen functional groups attached to an aromatic ring is 1. The zero-order chi connectivity index (χ0) is 12.4. The number of ether oxygens (including phenoxy) is 2. The molecule has 0 aliphatic heterocycles. The van der Waals surface area contributed by atoms with Gasteiger partial charge < -0.3 is 20.1 Å². The van der Waals surface area contributed by atoms with E-state index >= 15 is 0 Å². The van der Waals surface area contributed by atoms with E-state index in [0.717, 1.165) is 17.1 Å². The summed E-state index contributed by atoms with van der Waals surface area (Å²) in [5.74, 6) is 1.40. The Morgan fingerprint density at radius 2 is 1.76 bits per heavy atom. The monoisotopic (exact) mass is 236 g/mol. The van der Waals surface area contributed by atoms with Crippen LogP contribution >= 0.6 is 0 Å². The van der Waals surface area contributed by atoms with Crippen LogP contribution in [0.1, 0.15) is 19.3 Å². The summed E-state index contributed by atoms with van der Waals surface area (Å²) in [7, 11) is 5.34. The van der Waals surface area contributed by atoms with Crippen molar-refractivity contribution < 1.29 is 9.47 Å². The van der Waals surface area contributed by atoms with Crippen LogP contribution in [0.25, 0.3) is 0 Å². The van der Waals surface area contributed by atoms with Gasteiger partial charge in [-0.15, -0.1) is 0 Å². The number of rotatable bonds is 4. The summed E-state index contributed by atoms with van der Waals surface area (Å²) in [5, 5.41) is 0. The van der Waals surface area contributed by atoms with Crippen molar-refractivity contribution in [3.63, 3.8) is 0 Å². The molecule has 0 heterocycles. The average molecular weight is 236 g/mol. The fourth-order valence-electron chi connectivity index (χ4n) is 2.16. The van der Waals surface area contributed by atoms with Crippen LogP contribution in [0.15, 0.2) is 12.1 Å². The topological polar surface area (TPSA) is 47.7 Å². The maximum Gasteiger partial charge on any atom is 0.162 e. The average Bonchev–Trinajstić information content (AvgIpc) is 2.26. The van der Waals surface area contributed by atoms with Gasteiger partial charge in [-0.2, -0.15) is 0 Å². The molecule has 1 aromatic carbocycles. The second-order valence-electron chi connectivity index (χ2n) is 4.46. The number of methoxy groups -OCH3 is 2. The first-order chi connectivity index (χ1) is 8.17. The lowest BCUT2D eigenvalue weighted by Gasteiger charge is -2.37. The smallest absolute Gasteiger partial charge is 0.162 e. The molecule has 4 heteroatoms. The molecule has 1 aliphatic rings. The molecule has 0 bridgehead atoms. The summed E-state index contributed by atoms with van der Waals surface area (Å²) in [4.78, 5) is 2.24. The fraction of sp³-hybridized carbons (Fsp3) is 0.538. The van der Waals surface area contributed by atoms with Gasteiger partial charge >= 0.3 is 0 Å². The predicted octanol–water partition coefficient (Wildman–Crippen LogP) is 2.27. The zero-order valence-electron chi connectivity index (χ0n) is 10.7. The lowest BCUT2D eigenvalue weighted by atomic mass is 9.91. The van der Waals surface area contributed by atoms with Crippen LogP contribution in [-0.4, -0.2) is 27.3 Å². The highest BCUT2D eigenvalue weighted by molar-refractivity contribution is 5.73. The third kappa shape index (κ3) is 2.12. The van der Waals surface area contributed by atoms with Crippen molar-refractivity contribution in [3.8, 4) is 11.5 Å². The zero-order valence-corrected chi connectivity index (χ0v) is 10.7. The van der Waals surface area contributed by atoms with E-state index in [1.54, 1.807) is 14.2 Å². The molecule has 1 saturated carbocycles. The Morgan fingerprint density at radius 1 is 1.18 bits per heavy atom. The van der Waals surface area contributed by atoms with Gasteiger partial charge in [-0.1, -0.05) is 0 Å². The van der Waals surface area contributed by atoms with Gasteiger partial charge in [-0.25, -0.2) is 0 Å². The van der Waals surface area contributed by atoms with Gasteiger partial charge in [-0.05, 0) is 19.3 Å². The van der Waals surface area contributed by atoms with E-state index in [-0.39, 0.29) is 0 Å². The van der Waals surface area contributed by atoms with Gasteiger partial charge in [0.1, 0.15) is 0 Å². The molecule has 0 saturated heterocycles. The van der Waals surface area contributed by atoms with Gasteiger partial charge in [0.15, 0.2) is 11.5 Å². The molecule has 0 radical (unpaired) electrons. The number of nitrogens with two attached hydrogens (primary N) is 1. The highest BCUT2D eigenvalue weighted by Gasteiger charge is 2.24. The molecule has 4 nitrogen and oxygen atoms in total. The summed E-state index contributed by atoms with van der Waals surface area (Å²) < 4.78 is 10.5. The van der Waals surface area contributed by atoms with Gasteiger partial charge in [0.2, 0.25) is 0 Å². The molecular formula is C13H20N2O2. The molecule has 94 valence electrons. The summed E-state index contributed by atoms with van der Waals surface area (Å²) in [6.45, 7) is 0. The highest BCUT2D eigenvalue weighted by atomic mass is 16.5. The second kappa shape index (κ2) is 4.73. The molecule has 1 aliphatic carbocycles. The third-order valence-corrected chi connectivity index (χ3v) is 3.54. The minimum Gasteiger partial charge on any atom is -0.493 e. The minimum absolute atomic E-state index is 0.607. The molecule has 0 atom stereocenters. The molecule has 0 unspecified atom stereocenters. The van der Waals surface area contributed by atoms with E-state index < -0.39 is 0 Å². The number of anilines is 2. The quantitative estimate of drug-likeness (QED) is 0.815. The van der Waals surface area contributed by atoms with Crippen molar-refractivity contribution in [2.45, 2.75) is 25.3 Å². The predicted molar refractivity (Wildman–Crippen MR) is 70.0 cm³/mol. The Bertz CT molecular complexity index is 403. The van der Waals surface area contributed by atoms with Crippen molar-refractivity contribution >= 4 is 11.4 Å². The van der Waals surface area contributed by atoms with E-state index in [0.29, 0.717) is 11.8 Å². The van der Waals surface area contributed by atoms with Crippen LogP contribution in [0.4, 0.5) is 11.4 Å². The molecular weight excluding hydrogens is 216 g/mol. The molecule has 0 amide bonds.